The summed E-state index contributed by atoms with van der Waals surface area (Å²) in [6.07, 6.45) is 4.24. The van der Waals surface area contributed by atoms with Crippen LogP contribution in [0.3, 0.4) is 0 Å². The summed E-state index contributed by atoms with van der Waals surface area (Å²) < 4.78 is 7.20. The van der Waals surface area contributed by atoms with Crippen molar-refractivity contribution in [2.24, 2.45) is 0 Å². The van der Waals surface area contributed by atoms with Gasteiger partial charge in [0.2, 0.25) is 0 Å². The maximum Gasteiger partial charge on any atom is 0.261 e. The van der Waals surface area contributed by atoms with Crippen molar-refractivity contribution in [3.8, 4) is 0 Å². The molecule has 20 heavy (non-hydrogen) atoms. The molecule has 2 heterocycles. The molecule has 1 N–H and O–H groups in total. The monoisotopic (exact) mass is 273 g/mol. The minimum atomic E-state index is 0.0227. The third kappa shape index (κ3) is 2.89. The molecule has 0 radical (unpaired) electrons. The SMILES string of the molecule is O=c1c2ccccc2ncn1CCNCC1CCCO1. The van der Waals surface area contributed by atoms with Gasteiger partial charge in [0, 0.05) is 26.2 Å². The molecule has 0 saturated carbocycles. The van der Waals surface area contributed by atoms with Crippen molar-refractivity contribution < 1.29 is 4.74 Å². The lowest BCUT2D eigenvalue weighted by atomic mass is 10.2. The molecule has 0 spiro atoms. The van der Waals surface area contributed by atoms with Gasteiger partial charge in [0.15, 0.2) is 0 Å². The Balaban J connectivity index is 1.60. The predicted octanol–water partition coefficient (Wildman–Crippen LogP) is 1.17. The van der Waals surface area contributed by atoms with Crippen LogP contribution in [0.5, 0.6) is 0 Å². The van der Waals surface area contributed by atoms with Gasteiger partial charge in [-0.1, -0.05) is 12.1 Å². The molecule has 106 valence electrons. The summed E-state index contributed by atoms with van der Waals surface area (Å²) in [6, 6.07) is 7.44. The number of hydrogen-bond acceptors (Lipinski definition) is 4. The van der Waals surface area contributed by atoms with Crippen LogP contribution in [0.2, 0.25) is 0 Å². The van der Waals surface area contributed by atoms with Crippen molar-refractivity contribution in [1.82, 2.24) is 14.9 Å². The molecule has 0 bridgehead atoms. The summed E-state index contributed by atoms with van der Waals surface area (Å²) in [6.45, 7) is 3.11. The molecule has 1 fully saturated rings. The summed E-state index contributed by atoms with van der Waals surface area (Å²) in [7, 11) is 0. The van der Waals surface area contributed by atoms with Crippen LogP contribution in [0.4, 0.5) is 0 Å². The van der Waals surface area contributed by atoms with Crippen LogP contribution in [0.25, 0.3) is 10.9 Å². The lowest BCUT2D eigenvalue weighted by Gasteiger charge is -2.11. The van der Waals surface area contributed by atoms with Crippen LogP contribution >= 0.6 is 0 Å². The summed E-state index contributed by atoms with van der Waals surface area (Å²) in [5.74, 6) is 0. The molecule has 1 aromatic carbocycles. The maximum absolute atomic E-state index is 12.2. The van der Waals surface area contributed by atoms with E-state index in [9.17, 15) is 4.79 Å². The smallest absolute Gasteiger partial charge is 0.261 e. The number of nitrogens with zero attached hydrogens (tertiary/aromatic N) is 2. The molecule has 1 atom stereocenters. The van der Waals surface area contributed by atoms with Gasteiger partial charge in [0.1, 0.15) is 0 Å². The van der Waals surface area contributed by atoms with Crippen LogP contribution in [0.1, 0.15) is 12.8 Å². The fraction of sp³-hybridized carbons (Fsp3) is 0.467. The van der Waals surface area contributed by atoms with E-state index in [1.54, 1.807) is 10.9 Å². The second kappa shape index (κ2) is 6.15. The van der Waals surface area contributed by atoms with Crippen LogP contribution in [-0.4, -0.2) is 35.4 Å². The first kappa shape index (κ1) is 13.3. The largest absolute Gasteiger partial charge is 0.377 e. The molecule has 3 rings (SSSR count). The van der Waals surface area contributed by atoms with E-state index < -0.39 is 0 Å². The second-order valence-electron chi connectivity index (χ2n) is 5.10. The van der Waals surface area contributed by atoms with E-state index in [0.717, 1.165) is 38.1 Å². The standard InChI is InChI=1S/C15H19N3O2/c19-15-13-5-1-2-6-14(13)17-11-18(15)8-7-16-10-12-4-3-9-20-12/h1-2,5-6,11-12,16H,3-4,7-10H2. The number of hydrogen-bond donors (Lipinski definition) is 1. The average molecular weight is 273 g/mol. The van der Waals surface area contributed by atoms with Crippen molar-refractivity contribution in [2.75, 3.05) is 19.7 Å². The summed E-state index contributed by atoms with van der Waals surface area (Å²) in [4.78, 5) is 16.6. The normalized spacial score (nSPS) is 18.7. The summed E-state index contributed by atoms with van der Waals surface area (Å²) in [5.41, 5.74) is 0.774. The molecule has 1 unspecified atom stereocenters. The molecule has 0 amide bonds. The maximum atomic E-state index is 12.2. The van der Waals surface area contributed by atoms with E-state index in [1.807, 2.05) is 24.3 Å². The Kier molecular flexibility index (Phi) is 4.08. The zero-order valence-electron chi connectivity index (χ0n) is 11.4. The van der Waals surface area contributed by atoms with Crippen molar-refractivity contribution in [1.29, 1.82) is 0 Å². The molecular weight excluding hydrogens is 254 g/mol. The Morgan fingerprint density at radius 2 is 2.30 bits per heavy atom. The number of ether oxygens (including phenoxy) is 1. The van der Waals surface area contributed by atoms with Gasteiger partial charge in [0.25, 0.3) is 5.56 Å². The van der Waals surface area contributed by atoms with Gasteiger partial charge < -0.3 is 10.1 Å². The minimum absolute atomic E-state index is 0.0227. The highest BCUT2D eigenvalue weighted by atomic mass is 16.5. The molecule has 1 aliphatic rings. The molecule has 5 heteroatoms. The zero-order chi connectivity index (χ0) is 13.8. The first-order valence-corrected chi connectivity index (χ1v) is 7.11. The number of benzene rings is 1. The Hall–Kier alpha value is -1.72. The average Bonchev–Trinajstić information content (AvgIpc) is 2.99. The zero-order valence-corrected chi connectivity index (χ0v) is 11.4. The van der Waals surface area contributed by atoms with E-state index in [0.29, 0.717) is 18.0 Å². The Labute approximate surface area is 117 Å². The summed E-state index contributed by atoms with van der Waals surface area (Å²) in [5, 5.41) is 4.01. The van der Waals surface area contributed by atoms with Crippen LogP contribution in [-0.2, 0) is 11.3 Å². The second-order valence-corrected chi connectivity index (χ2v) is 5.10. The number of fused-ring (bicyclic) bond motifs is 1. The van der Waals surface area contributed by atoms with E-state index in [2.05, 4.69) is 10.3 Å². The van der Waals surface area contributed by atoms with Crippen molar-refractivity contribution >= 4 is 10.9 Å². The molecule has 1 saturated heterocycles. The molecule has 2 aromatic rings. The van der Waals surface area contributed by atoms with E-state index in [4.69, 9.17) is 4.74 Å². The molecule has 1 aromatic heterocycles. The van der Waals surface area contributed by atoms with Gasteiger partial charge in [-0.3, -0.25) is 9.36 Å². The van der Waals surface area contributed by atoms with Crippen molar-refractivity contribution in [2.45, 2.75) is 25.5 Å². The van der Waals surface area contributed by atoms with E-state index in [1.165, 1.54) is 0 Å². The van der Waals surface area contributed by atoms with Crippen molar-refractivity contribution in [3.05, 3.63) is 40.9 Å². The van der Waals surface area contributed by atoms with Gasteiger partial charge in [-0.05, 0) is 25.0 Å². The van der Waals surface area contributed by atoms with Gasteiger partial charge in [0.05, 0.1) is 23.3 Å². The molecule has 0 aliphatic carbocycles. The first-order chi connectivity index (χ1) is 9.84. The fourth-order valence-corrected chi connectivity index (χ4v) is 2.53. The quantitative estimate of drug-likeness (QED) is 0.831. The fourth-order valence-electron chi connectivity index (χ4n) is 2.53. The Bertz CT molecular complexity index is 632. The minimum Gasteiger partial charge on any atom is -0.377 e. The number of nitrogens with one attached hydrogen (secondary N) is 1. The Morgan fingerprint density at radius 1 is 1.40 bits per heavy atom. The van der Waals surface area contributed by atoms with Gasteiger partial charge in [-0.15, -0.1) is 0 Å². The third-order valence-corrected chi connectivity index (χ3v) is 3.66. The number of aromatic nitrogens is 2. The lowest BCUT2D eigenvalue weighted by molar-refractivity contribution is 0.110. The van der Waals surface area contributed by atoms with Gasteiger partial charge in [-0.25, -0.2) is 4.98 Å². The van der Waals surface area contributed by atoms with Crippen LogP contribution < -0.4 is 10.9 Å². The highest BCUT2D eigenvalue weighted by Gasteiger charge is 2.14. The molecular formula is C15H19N3O2. The molecule has 5 nitrogen and oxygen atoms in total. The molecule has 1 aliphatic heterocycles. The topological polar surface area (TPSA) is 56.2 Å². The Morgan fingerprint density at radius 3 is 3.15 bits per heavy atom. The highest BCUT2D eigenvalue weighted by molar-refractivity contribution is 5.76. The number of rotatable bonds is 5. The first-order valence-electron chi connectivity index (χ1n) is 7.11. The van der Waals surface area contributed by atoms with Crippen LogP contribution in [0, 0.1) is 0 Å². The van der Waals surface area contributed by atoms with Crippen LogP contribution in [0.15, 0.2) is 35.4 Å². The third-order valence-electron chi connectivity index (χ3n) is 3.66. The van der Waals surface area contributed by atoms with E-state index in [-0.39, 0.29) is 5.56 Å². The van der Waals surface area contributed by atoms with Gasteiger partial charge in [-0.2, -0.15) is 0 Å². The highest BCUT2D eigenvalue weighted by Crippen LogP contribution is 2.10. The lowest BCUT2D eigenvalue weighted by Crippen LogP contribution is -2.31. The van der Waals surface area contributed by atoms with Gasteiger partial charge >= 0.3 is 0 Å². The number of para-hydroxylation sites is 1. The predicted molar refractivity (Wildman–Crippen MR) is 77.8 cm³/mol. The van der Waals surface area contributed by atoms with E-state index >= 15 is 0 Å². The summed E-state index contributed by atoms with van der Waals surface area (Å²) >= 11 is 0. The van der Waals surface area contributed by atoms with Crippen molar-refractivity contribution in [3.63, 3.8) is 0 Å².